The molecule has 3 rings (SSSR count). The van der Waals surface area contributed by atoms with Crippen LogP contribution < -0.4 is 5.73 Å². The number of rotatable bonds is 6. The smallest absolute Gasteiger partial charge is 0.228 e. The van der Waals surface area contributed by atoms with Crippen LogP contribution in [0.2, 0.25) is 0 Å². The Morgan fingerprint density at radius 1 is 1.15 bits per heavy atom. The van der Waals surface area contributed by atoms with Gasteiger partial charge in [0.05, 0.1) is 10.6 Å². The number of thioether (sulfide) groups is 1. The summed E-state index contributed by atoms with van der Waals surface area (Å²) in [5.41, 5.74) is 5.54. The fourth-order valence-electron chi connectivity index (χ4n) is 2.13. The van der Waals surface area contributed by atoms with Gasteiger partial charge in [-0.25, -0.2) is 12.8 Å². The molecule has 3 aromatic rings. The maximum absolute atomic E-state index is 13.1. The molecular weight excluding hydrogens is 459 g/mol. The van der Waals surface area contributed by atoms with Crippen molar-refractivity contribution >= 4 is 43.4 Å². The summed E-state index contributed by atoms with van der Waals surface area (Å²) in [5.74, 6) is -1.26. The summed E-state index contributed by atoms with van der Waals surface area (Å²) in [5, 5.41) is -0.383. The molecule has 6 nitrogen and oxygen atoms in total. The highest BCUT2D eigenvalue weighted by molar-refractivity contribution is 9.10. The number of amides is 1. The zero-order chi connectivity index (χ0) is 19.6. The summed E-state index contributed by atoms with van der Waals surface area (Å²) in [6, 6.07) is 11.3. The Morgan fingerprint density at radius 2 is 1.78 bits per heavy atom. The van der Waals surface area contributed by atoms with Crippen molar-refractivity contribution in [3.63, 3.8) is 0 Å². The SMILES string of the molecule is NC(=O)CSc1oc(-c2ccc(F)cc2)nc1S(=O)(=O)c1ccc(Br)cc1. The predicted octanol–water partition coefficient (Wildman–Crippen LogP) is 3.65. The summed E-state index contributed by atoms with van der Waals surface area (Å²) in [6.45, 7) is 0. The Hall–Kier alpha value is -2.17. The highest BCUT2D eigenvalue weighted by atomic mass is 79.9. The first-order valence-corrected chi connectivity index (χ1v) is 10.7. The first-order chi connectivity index (χ1) is 12.8. The molecule has 0 spiro atoms. The molecule has 0 aliphatic heterocycles. The largest absolute Gasteiger partial charge is 0.428 e. The van der Waals surface area contributed by atoms with Crippen molar-refractivity contribution in [3.05, 3.63) is 58.8 Å². The van der Waals surface area contributed by atoms with Crippen LogP contribution in [-0.2, 0) is 14.6 Å². The van der Waals surface area contributed by atoms with Crippen LogP contribution in [0.25, 0.3) is 11.5 Å². The normalized spacial score (nSPS) is 11.5. The quantitative estimate of drug-likeness (QED) is 0.551. The molecule has 2 N–H and O–H groups in total. The van der Waals surface area contributed by atoms with E-state index < -0.39 is 21.6 Å². The van der Waals surface area contributed by atoms with Crippen molar-refractivity contribution in [2.75, 3.05) is 5.75 Å². The van der Waals surface area contributed by atoms with Crippen molar-refractivity contribution in [2.24, 2.45) is 5.73 Å². The van der Waals surface area contributed by atoms with Crippen molar-refractivity contribution in [3.8, 4) is 11.5 Å². The van der Waals surface area contributed by atoms with Crippen LogP contribution >= 0.6 is 27.7 Å². The summed E-state index contributed by atoms with van der Waals surface area (Å²) >= 11 is 4.08. The van der Waals surface area contributed by atoms with Gasteiger partial charge in [-0.1, -0.05) is 27.7 Å². The minimum Gasteiger partial charge on any atom is -0.428 e. The third-order valence-electron chi connectivity index (χ3n) is 3.38. The maximum atomic E-state index is 13.1. The third-order valence-corrected chi connectivity index (χ3v) is 6.69. The van der Waals surface area contributed by atoms with Gasteiger partial charge in [0, 0.05) is 10.0 Å². The van der Waals surface area contributed by atoms with E-state index in [2.05, 4.69) is 20.9 Å². The molecule has 0 atom stereocenters. The topological polar surface area (TPSA) is 103 Å². The van der Waals surface area contributed by atoms with E-state index in [1.807, 2.05) is 0 Å². The summed E-state index contributed by atoms with van der Waals surface area (Å²) in [6.07, 6.45) is 0. The number of hydrogen-bond acceptors (Lipinski definition) is 6. The van der Waals surface area contributed by atoms with Gasteiger partial charge >= 0.3 is 0 Å². The monoisotopic (exact) mass is 470 g/mol. The third kappa shape index (κ3) is 4.40. The number of nitrogens with two attached hydrogens (primary N) is 1. The lowest BCUT2D eigenvalue weighted by Crippen LogP contribution is -2.13. The average Bonchev–Trinajstić information content (AvgIpc) is 3.06. The lowest BCUT2D eigenvalue weighted by atomic mass is 10.2. The van der Waals surface area contributed by atoms with Crippen LogP contribution in [0.15, 0.2) is 72.4 Å². The molecule has 1 aromatic heterocycles. The number of halogens is 2. The van der Waals surface area contributed by atoms with Crippen molar-refractivity contribution in [2.45, 2.75) is 15.0 Å². The molecular formula is C17H12BrFN2O4S2. The van der Waals surface area contributed by atoms with Crippen LogP contribution in [0.1, 0.15) is 0 Å². The fraction of sp³-hybridized carbons (Fsp3) is 0.0588. The molecule has 0 unspecified atom stereocenters. The van der Waals surface area contributed by atoms with Gasteiger partial charge in [0.15, 0.2) is 0 Å². The molecule has 0 radical (unpaired) electrons. The number of benzene rings is 2. The van der Waals surface area contributed by atoms with E-state index in [0.717, 1.165) is 16.2 Å². The van der Waals surface area contributed by atoms with E-state index in [9.17, 15) is 17.6 Å². The van der Waals surface area contributed by atoms with Gasteiger partial charge in [-0.15, -0.1) is 0 Å². The van der Waals surface area contributed by atoms with E-state index in [1.54, 1.807) is 12.1 Å². The Balaban J connectivity index is 2.10. The van der Waals surface area contributed by atoms with Crippen molar-refractivity contribution in [1.82, 2.24) is 4.98 Å². The van der Waals surface area contributed by atoms with Crippen LogP contribution in [0, 0.1) is 5.82 Å². The molecule has 0 fully saturated rings. The molecule has 1 heterocycles. The molecule has 140 valence electrons. The Bertz CT molecular complexity index is 1080. The zero-order valence-corrected chi connectivity index (χ0v) is 16.8. The second kappa shape index (κ2) is 7.83. The van der Waals surface area contributed by atoms with E-state index >= 15 is 0 Å². The number of sulfone groups is 1. The van der Waals surface area contributed by atoms with Gasteiger partial charge < -0.3 is 10.2 Å². The molecule has 0 bridgehead atoms. The first-order valence-electron chi connectivity index (χ1n) is 7.46. The standard InChI is InChI=1S/C17H12BrFN2O4S2/c18-11-3-7-13(8-4-11)27(23,24)16-17(26-9-14(20)22)25-15(21-16)10-1-5-12(19)6-2-10/h1-8H,9H2,(H2,20,22). The number of oxazole rings is 1. The summed E-state index contributed by atoms with van der Waals surface area (Å²) < 4.78 is 45.4. The predicted molar refractivity (Wildman–Crippen MR) is 101 cm³/mol. The molecule has 0 saturated heterocycles. The second-order valence-corrected chi connectivity index (χ2v) is 9.06. The minimum absolute atomic E-state index is 0.00217. The van der Waals surface area contributed by atoms with Gasteiger partial charge in [0.2, 0.25) is 31.8 Å². The Labute approximate surface area is 167 Å². The van der Waals surface area contributed by atoms with Gasteiger partial charge in [0.25, 0.3) is 0 Å². The van der Waals surface area contributed by atoms with Crippen LogP contribution in [0.4, 0.5) is 4.39 Å². The number of hydrogen-bond donors (Lipinski definition) is 1. The zero-order valence-electron chi connectivity index (χ0n) is 13.6. The van der Waals surface area contributed by atoms with Crippen LogP contribution in [0.5, 0.6) is 0 Å². The minimum atomic E-state index is -4.00. The molecule has 0 aliphatic carbocycles. The lowest BCUT2D eigenvalue weighted by molar-refractivity contribution is -0.115. The lowest BCUT2D eigenvalue weighted by Gasteiger charge is -2.03. The van der Waals surface area contributed by atoms with Crippen molar-refractivity contribution in [1.29, 1.82) is 0 Å². The number of carbonyl (C=O) groups excluding carboxylic acids is 1. The van der Waals surface area contributed by atoms with E-state index in [0.29, 0.717) is 5.56 Å². The molecule has 10 heteroatoms. The van der Waals surface area contributed by atoms with Gasteiger partial charge in [-0.3, -0.25) is 4.79 Å². The highest BCUT2D eigenvalue weighted by Gasteiger charge is 2.29. The number of nitrogens with zero attached hydrogens (tertiary/aromatic N) is 1. The molecule has 1 amide bonds. The van der Waals surface area contributed by atoms with Crippen LogP contribution in [0.3, 0.4) is 0 Å². The second-order valence-electron chi connectivity index (χ2n) is 5.33. The number of primary amides is 1. The summed E-state index contributed by atoms with van der Waals surface area (Å²) in [4.78, 5) is 15.2. The molecule has 27 heavy (non-hydrogen) atoms. The molecule has 0 saturated carbocycles. The summed E-state index contributed by atoms with van der Waals surface area (Å²) in [7, 11) is -4.00. The van der Waals surface area contributed by atoms with Gasteiger partial charge in [-0.2, -0.15) is 4.98 Å². The Morgan fingerprint density at radius 3 is 2.37 bits per heavy atom. The Kier molecular flexibility index (Phi) is 5.68. The molecule has 0 aliphatic rings. The van der Waals surface area contributed by atoms with E-state index in [1.165, 1.54) is 36.4 Å². The highest BCUT2D eigenvalue weighted by Crippen LogP contribution is 2.35. The van der Waals surface area contributed by atoms with Gasteiger partial charge in [0.1, 0.15) is 5.82 Å². The fourth-order valence-corrected chi connectivity index (χ4v) is 4.66. The number of carbonyl (C=O) groups is 1. The number of aromatic nitrogens is 1. The van der Waals surface area contributed by atoms with E-state index in [4.69, 9.17) is 10.2 Å². The van der Waals surface area contributed by atoms with Gasteiger partial charge in [-0.05, 0) is 48.5 Å². The van der Waals surface area contributed by atoms with Crippen LogP contribution in [-0.4, -0.2) is 25.1 Å². The first kappa shape index (κ1) is 19.6. The average molecular weight is 471 g/mol. The maximum Gasteiger partial charge on any atom is 0.228 e. The molecule has 2 aromatic carbocycles. The van der Waals surface area contributed by atoms with E-state index in [-0.39, 0.29) is 26.7 Å². The van der Waals surface area contributed by atoms with Crippen molar-refractivity contribution < 1.29 is 22.0 Å².